The summed E-state index contributed by atoms with van der Waals surface area (Å²) >= 11 is 6.04. The van der Waals surface area contributed by atoms with Crippen LogP contribution >= 0.6 is 11.6 Å². The van der Waals surface area contributed by atoms with Gasteiger partial charge in [0.05, 0.1) is 7.11 Å². The van der Waals surface area contributed by atoms with Gasteiger partial charge in [0, 0.05) is 35.6 Å². The number of methoxy groups -OCH3 is 1. The minimum absolute atomic E-state index is 0.102. The molecule has 0 aliphatic carbocycles. The van der Waals surface area contributed by atoms with E-state index in [0.29, 0.717) is 23.1 Å². The lowest BCUT2D eigenvalue weighted by atomic mass is 10.2. The molecular weight excluding hydrogens is 342 g/mol. The Morgan fingerprint density at radius 2 is 2.04 bits per heavy atom. The molecule has 0 aliphatic heterocycles. The third kappa shape index (κ3) is 3.41. The number of halogens is 1. The average molecular weight is 360 g/mol. The van der Waals surface area contributed by atoms with E-state index in [-0.39, 0.29) is 11.7 Å². The number of rotatable bonds is 4. The van der Waals surface area contributed by atoms with Gasteiger partial charge in [0.15, 0.2) is 0 Å². The summed E-state index contributed by atoms with van der Waals surface area (Å²) < 4.78 is 6.89. The topological polar surface area (TPSA) is 72.6 Å². The van der Waals surface area contributed by atoms with E-state index in [0.717, 1.165) is 17.0 Å². The highest BCUT2D eigenvalue weighted by Crippen LogP contribution is 2.24. The number of benzene rings is 1. The number of nitrogens with zero attached hydrogens (tertiary/aromatic N) is 5. The fourth-order valence-corrected chi connectivity index (χ4v) is 2.82. The second-order valence-corrected chi connectivity index (χ2v) is 6.24. The van der Waals surface area contributed by atoms with Crippen molar-refractivity contribution >= 4 is 23.3 Å². The lowest BCUT2D eigenvalue weighted by molar-refractivity contribution is 0.0772. The molecule has 0 bridgehead atoms. The summed E-state index contributed by atoms with van der Waals surface area (Å²) in [5.41, 5.74) is 2.50. The molecule has 130 valence electrons. The lowest BCUT2D eigenvalue weighted by Crippen LogP contribution is -2.27. The fourth-order valence-electron chi connectivity index (χ4n) is 2.63. The quantitative estimate of drug-likeness (QED) is 0.716. The number of carbonyl (C=O) groups excluding carboxylic acids is 1. The summed E-state index contributed by atoms with van der Waals surface area (Å²) in [6.45, 7) is 4.09. The molecule has 0 fully saturated rings. The summed E-state index contributed by atoms with van der Waals surface area (Å²) in [7, 11) is 3.26. The van der Waals surface area contributed by atoms with E-state index in [9.17, 15) is 4.79 Å². The van der Waals surface area contributed by atoms with Crippen LogP contribution in [0.3, 0.4) is 0 Å². The van der Waals surface area contributed by atoms with Crippen LogP contribution in [-0.2, 0) is 6.54 Å². The van der Waals surface area contributed by atoms with E-state index in [1.807, 2.05) is 19.9 Å². The molecule has 0 radical (unpaired) electrons. The van der Waals surface area contributed by atoms with Crippen LogP contribution in [0.2, 0.25) is 5.02 Å². The summed E-state index contributed by atoms with van der Waals surface area (Å²) in [5.74, 6) is 0.879. The van der Waals surface area contributed by atoms with Crippen LogP contribution in [0, 0.1) is 13.8 Å². The molecule has 0 spiro atoms. The number of carbonyl (C=O) groups is 1. The van der Waals surface area contributed by atoms with E-state index < -0.39 is 0 Å². The van der Waals surface area contributed by atoms with E-state index in [1.165, 1.54) is 4.90 Å². The van der Waals surface area contributed by atoms with Crippen molar-refractivity contribution in [3.05, 3.63) is 52.1 Å². The first-order valence-corrected chi connectivity index (χ1v) is 8.05. The zero-order chi connectivity index (χ0) is 18.1. The molecule has 1 amide bonds. The summed E-state index contributed by atoms with van der Waals surface area (Å²) in [6.07, 6.45) is 0. The lowest BCUT2D eigenvalue weighted by Gasteiger charge is -2.17. The molecule has 0 N–H and O–H groups in total. The third-order valence-electron chi connectivity index (χ3n) is 3.81. The first-order valence-electron chi connectivity index (χ1n) is 7.68. The molecule has 0 atom stereocenters. The number of amides is 1. The molecule has 0 aliphatic rings. The maximum absolute atomic E-state index is 12.7. The van der Waals surface area contributed by atoms with Crippen molar-refractivity contribution in [3.63, 3.8) is 0 Å². The molecule has 2 heterocycles. The van der Waals surface area contributed by atoms with Crippen molar-refractivity contribution in [1.29, 1.82) is 0 Å². The Balaban J connectivity index is 1.88. The van der Waals surface area contributed by atoms with Crippen LogP contribution in [0.1, 0.15) is 27.6 Å². The van der Waals surface area contributed by atoms with Crippen LogP contribution in [0.25, 0.3) is 5.78 Å². The van der Waals surface area contributed by atoms with E-state index in [2.05, 4.69) is 15.1 Å². The fraction of sp³-hybridized carbons (Fsp3) is 0.294. The minimum Gasteiger partial charge on any atom is -0.496 e. The highest BCUT2D eigenvalue weighted by molar-refractivity contribution is 6.30. The van der Waals surface area contributed by atoms with Gasteiger partial charge >= 0.3 is 0 Å². The van der Waals surface area contributed by atoms with Gasteiger partial charge in [-0.15, -0.1) is 5.10 Å². The van der Waals surface area contributed by atoms with E-state index in [4.69, 9.17) is 16.3 Å². The Labute approximate surface area is 150 Å². The first kappa shape index (κ1) is 17.2. The van der Waals surface area contributed by atoms with Crippen LogP contribution in [0.5, 0.6) is 5.75 Å². The Bertz CT molecular complexity index is 954. The number of aromatic nitrogens is 4. The maximum Gasteiger partial charge on any atom is 0.293 e. The van der Waals surface area contributed by atoms with E-state index >= 15 is 0 Å². The molecule has 0 saturated heterocycles. The van der Waals surface area contributed by atoms with Gasteiger partial charge in [-0.25, -0.2) is 9.50 Å². The van der Waals surface area contributed by atoms with Gasteiger partial charge in [-0.05, 0) is 38.1 Å². The van der Waals surface area contributed by atoms with Crippen molar-refractivity contribution in [3.8, 4) is 5.75 Å². The van der Waals surface area contributed by atoms with Crippen LogP contribution in [-0.4, -0.2) is 44.5 Å². The second-order valence-electron chi connectivity index (χ2n) is 5.80. The van der Waals surface area contributed by atoms with Gasteiger partial charge in [0.1, 0.15) is 5.75 Å². The van der Waals surface area contributed by atoms with Crippen molar-refractivity contribution in [2.24, 2.45) is 0 Å². The predicted molar refractivity (Wildman–Crippen MR) is 94.1 cm³/mol. The largest absolute Gasteiger partial charge is 0.496 e. The van der Waals surface area contributed by atoms with Gasteiger partial charge in [0.2, 0.25) is 5.82 Å². The monoisotopic (exact) mass is 359 g/mol. The highest BCUT2D eigenvalue weighted by atomic mass is 35.5. The Morgan fingerprint density at radius 1 is 1.28 bits per heavy atom. The van der Waals surface area contributed by atoms with Gasteiger partial charge < -0.3 is 9.64 Å². The third-order valence-corrected chi connectivity index (χ3v) is 4.04. The number of hydrogen-bond donors (Lipinski definition) is 0. The molecule has 0 unspecified atom stereocenters. The Kier molecular flexibility index (Phi) is 4.59. The molecule has 7 nitrogen and oxygen atoms in total. The number of aryl methyl sites for hydroxylation is 2. The van der Waals surface area contributed by atoms with Gasteiger partial charge in [0.25, 0.3) is 11.7 Å². The van der Waals surface area contributed by atoms with Gasteiger partial charge in [-0.1, -0.05) is 11.6 Å². The molecule has 2 aromatic heterocycles. The number of hydrogen-bond acceptors (Lipinski definition) is 5. The SMILES string of the molecule is COc1ccc(Cl)cc1CN(C)C(=O)c1nc2nc(C)cc(C)n2n1. The maximum atomic E-state index is 12.7. The molecule has 0 saturated carbocycles. The van der Waals surface area contributed by atoms with Crippen LogP contribution in [0.4, 0.5) is 0 Å². The van der Waals surface area contributed by atoms with Crippen molar-refractivity contribution in [2.45, 2.75) is 20.4 Å². The highest BCUT2D eigenvalue weighted by Gasteiger charge is 2.20. The van der Waals surface area contributed by atoms with Crippen molar-refractivity contribution in [1.82, 2.24) is 24.5 Å². The number of fused-ring (bicyclic) bond motifs is 1. The van der Waals surface area contributed by atoms with Crippen molar-refractivity contribution < 1.29 is 9.53 Å². The second kappa shape index (κ2) is 6.68. The zero-order valence-electron chi connectivity index (χ0n) is 14.4. The number of ether oxygens (including phenoxy) is 1. The van der Waals surface area contributed by atoms with Crippen molar-refractivity contribution in [2.75, 3.05) is 14.2 Å². The standard InChI is InChI=1S/C17H18ClN5O2/c1-10-7-11(2)23-17(19-10)20-15(21-23)16(24)22(3)9-12-8-13(18)5-6-14(12)25-4/h5-8H,9H2,1-4H3. The smallest absolute Gasteiger partial charge is 0.293 e. The zero-order valence-corrected chi connectivity index (χ0v) is 15.2. The summed E-state index contributed by atoms with van der Waals surface area (Å²) in [6, 6.07) is 7.17. The molecule has 8 heteroatoms. The molecule has 3 rings (SSSR count). The molecule has 1 aromatic carbocycles. The molecular formula is C17H18ClN5O2. The van der Waals surface area contributed by atoms with Crippen LogP contribution in [0.15, 0.2) is 24.3 Å². The summed E-state index contributed by atoms with van der Waals surface area (Å²) in [4.78, 5) is 22.8. The molecule has 3 aromatic rings. The average Bonchev–Trinajstić information content (AvgIpc) is 2.98. The normalized spacial score (nSPS) is 10.9. The first-order chi connectivity index (χ1) is 11.9. The van der Waals surface area contributed by atoms with Gasteiger partial charge in [-0.2, -0.15) is 4.98 Å². The van der Waals surface area contributed by atoms with Gasteiger partial charge in [-0.3, -0.25) is 4.79 Å². The Morgan fingerprint density at radius 3 is 2.76 bits per heavy atom. The van der Waals surface area contributed by atoms with E-state index in [1.54, 1.807) is 36.9 Å². The summed E-state index contributed by atoms with van der Waals surface area (Å²) in [5, 5.41) is 4.85. The Hall–Kier alpha value is -2.67. The van der Waals surface area contributed by atoms with Crippen LogP contribution < -0.4 is 4.74 Å². The minimum atomic E-state index is -0.301. The predicted octanol–water partition coefficient (Wildman–Crippen LogP) is 2.68. The molecule has 25 heavy (non-hydrogen) atoms.